The Morgan fingerprint density at radius 1 is 0.660 bits per heavy atom. The number of aliphatic hydroxyl groups is 1. The van der Waals surface area contributed by atoms with Crippen LogP contribution in [-0.2, 0) is 27.9 Å². The zero-order valence-electron chi connectivity index (χ0n) is 33.6. The van der Waals surface area contributed by atoms with Crippen molar-refractivity contribution >= 4 is 13.8 Å². The second-order valence-corrected chi connectivity index (χ2v) is 15.2. The van der Waals surface area contributed by atoms with Gasteiger partial charge in [-0.2, -0.15) is 0 Å². The van der Waals surface area contributed by atoms with Crippen molar-refractivity contribution in [2.24, 2.45) is 5.73 Å². The number of rotatable bonds is 39. The zero-order chi connectivity index (χ0) is 38.9. The Morgan fingerprint density at radius 2 is 1.17 bits per heavy atom. The molecule has 0 bridgehead atoms. The molecule has 0 aliphatic heterocycles. The Hall–Kier alpha value is -2.00. The summed E-state index contributed by atoms with van der Waals surface area (Å²) in [6, 6.07) is 0. The van der Waals surface area contributed by atoms with Gasteiger partial charge in [0.15, 0.2) is 6.10 Å². The predicted molar refractivity (Wildman–Crippen MR) is 220 cm³/mol. The standard InChI is InChI=1S/C43H78NO8P/c1-3-5-6-7-8-9-10-11-12-15-18-21-24-27-30-33-37-49-39-42(40-51-53(47,48)50-38-36-44)52-43(46)35-32-29-26-23-20-17-14-13-16-19-22-25-28-31-34-41(45)4-2/h14,16-17,19,23,25-26,28,33,37,41-42,45H,3-13,15,18,20-22,24,27,29-32,34-36,38-40,44H2,1-2H3,(H,47,48). The monoisotopic (exact) mass is 768 g/mol. The van der Waals surface area contributed by atoms with E-state index in [4.69, 9.17) is 24.3 Å². The highest BCUT2D eigenvalue weighted by atomic mass is 31.2. The van der Waals surface area contributed by atoms with Crippen LogP contribution in [-0.4, -0.2) is 54.5 Å². The molecule has 0 aromatic heterocycles. The molecule has 4 N–H and O–H groups in total. The van der Waals surface area contributed by atoms with Crippen LogP contribution in [0.5, 0.6) is 0 Å². The SMILES string of the molecule is CCCCCCCCCCCCCCCCC=COCC(COP(=O)(O)OCCN)OC(=O)CCCC=CCC=CCC=CCC=CCCC(O)CC. The summed E-state index contributed by atoms with van der Waals surface area (Å²) in [5.74, 6) is -0.419. The van der Waals surface area contributed by atoms with Gasteiger partial charge >= 0.3 is 13.8 Å². The number of unbranched alkanes of at least 4 members (excludes halogenated alkanes) is 15. The lowest BCUT2D eigenvalue weighted by atomic mass is 10.0. The van der Waals surface area contributed by atoms with Gasteiger partial charge in [0, 0.05) is 13.0 Å². The average Bonchev–Trinajstić information content (AvgIpc) is 3.15. The van der Waals surface area contributed by atoms with Gasteiger partial charge in [-0.25, -0.2) is 4.57 Å². The van der Waals surface area contributed by atoms with Gasteiger partial charge in [0.05, 0.1) is 25.6 Å². The van der Waals surface area contributed by atoms with Crippen LogP contribution in [0.1, 0.15) is 168 Å². The molecule has 10 heteroatoms. The summed E-state index contributed by atoms with van der Waals surface area (Å²) in [7, 11) is -4.32. The molecular formula is C43H78NO8P. The fourth-order valence-electron chi connectivity index (χ4n) is 5.41. The number of phosphoric ester groups is 1. The molecule has 0 heterocycles. The van der Waals surface area contributed by atoms with Crippen molar-refractivity contribution in [3.05, 3.63) is 60.9 Å². The first kappa shape index (κ1) is 51.0. The van der Waals surface area contributed by atoms with Crippen LogP contribution in [0.3, 0.4) is 0 Å². The molecule has 0 aromatic rings. The van der Waals surface area contributed by atoms with Gasteiger partial charge < -0.3 is 25.2 Å². The molecule has 0 aromatic carbocycles. The third kappa shape index (κ3) is 39.5. The topological polar surface area (TPSA) is 138 Å². The Bertz CT molecular complexity index is 1010. The van der Waals surface area contributed by atoms with Crippen LogP contribution in [0.2, 0.25) is 0 Å². The normalized spacial score (nSPS) is 14.7. The van der Waals surface area contributed by atoms with Crippen LogP contribution in [0.15, 0.2) is 60.9 Å². The molecule has 0 spiro atoms. The lowest BCUT2D eigenvalue weighted by molar-refractivity contribution is -0.153. The molecule has 3 atom stereocenters. The summed E-state index contributed by atoms with van der Waals surface area (Å²) in [6.07, 6.45) is 45.6. The quantitative estimate of drug-likeness (QED) is 0.0183. The van der Waals surface area contributed by atoms with Crippen molar-refractivity contribution < 1.29 is 37.9 Å². The summed E-state index contributed by atoms with van der Waals surface area (Å²) in [4.78, 5) is 22.4. The van der Waals surface area contributed by atoms with Gasteiger partial charge in [0.2, 0.25) is 0 Å². The second kappa shape index (κ2) is 39.7. The Morgan fingerprint density at radius 3 is 1.72 bits per heavy atom. The largest absolute Gasteiger partial charge is 0.498 e. The lowest BCUT2D eigenvalue weighted by Gasteiger charge is -2.19. The van der Waals surface area contributed by atoms with Crippen LogP contribution >= 0.6 is 7.82 Å². The molecule has 0 radical (unpaired) electrons. The van der Waals surface area contributed by atoms with E-state index in [1.54, 1.807) is 6.26 Å². The molecule has 0 rings (SSSR count). The van der Waals surface area contributed by atoms with E-state index in [0.29, 0.717) is 6.42 Å². The maximum Gasteiger partial charge on any atom is 0.472 e. The van der Waals surface area contributed by atoms with Crippen LogP contribution in [0.25, 0.3) is 0 Å². The summed E-state index contributed by atoms with van der Waals surface area (Å²) in [6.45, 7) is 3.88. The van der Waals surface area contributed by atoms with Gasteiger partial charge in [-0.3, -0.25) is 13.8 Å². The highest BCUT2D eigenvalue weighted by Crippen LogP contribution is 2.43. The average molecular weight is 768 g/mol. The molecule has 0 aliphatic carbocycles. The Kier molecular flexibility index (Phi) is 38.2. The number of phosphoric acid groups is 1. The molecule has 53 heavy (non-hydrogen) atoms. The lowest BCUT2D eigenvalue weighted by Crippen LogP contribution is -2.27. The first-order valence-electron chi connectivity index (χ1n) is 20.9. The number of carbonyl (C=O) groups is 1. The second-order valence-electron chi connectivity index (χ2n) is 13.7. The van der Waals surface area contributed by atoms with Gasteiger partial charge in [-0.05, 0) is 70.3 Å². The van der Waals surface area contributed by atoms with Crippen molar-refractivity contribution in [2.45, 2.75) is 180 Å². The maximum atomic E-state index is 12.5. The van der Waals surface area contributed by atoms with E-state index in [1.165, 1.54) is 83.5 Å². The minimum Gasteiger partial charge on any atom is -0.498 e. The minimum absolute atomic E-state index is 0.0000513. The number of allylic oxidation sites excluding steroid dienone is 9. The minimum atomic E-state index is -4.32. The number of aliphatic hydroxyl groups excluding tert-OH is 1. The number of hydrogen-bond acceptors (Lipinski definition) is 8. The first-order valence-corrected chi connectivity index (χ1v) is 22.4. The molecule has 0 aliphatic rings. The molecule has 0 saturated carbocycles. The van der Waals surface area contributed by atoms with Crippen molar-refractivity contribution in [1.29, 1.82) is 0 Å². The Labute approximate surface area is 324 Å². The van der Waals surface area contributed by atoms with Crippen LogP contribution in [0.4, 0.5) is 0 Å². The summed E-state index contributed by atoms with van der Waals surface area (Å²) in [5, 5.41) is 9.55. The van der Waals surface area contributed by atoms with Crippen molar-refractivity contribution in [1.82, 2.24) is 0 Å². The highest BCUT2D eigenvalue weighted by Gasteiger charge is 2.25. The van der Waals surface area contributed by atoms with Crippen molar-refractivity contribution in [3.63, 3.8) is 0 Å². The number of nitrogens with two attached hydrogens (primary N) is 1. The third-order valence-electron chi connectivity index (χ3n) is 8.67. The molecule has 9 nitrogen and oxygen atoms in total. The van der Waals surface area contributed by atoms with Gasteiger partial charge in [-0.15, -0.1) is 0 Å². The fourth-order valence-corrected chi connectivity index (χ4v) is 6.17. The van der Waals surface area contributed by atoms with E-state index in [-0.39, 0.29) is 38.9 Å². The van der Waals surface area contributed by atoms with Crippen molar-refractivity contribution in [2.75, 3.05) is 26.4 Å². The predicted octanol–water partition coefficient (Wildman–Crippen LogP) is 11.5. The summed E-state index contributed by atoms with van der Waals surface area (Å²) >= 11 is 0. The van der Waals surface area contributed by atoms with E-state index < -0.39 is 19.9 Å². The number of hydrogen-bond donors (Lipinski definition) is 3. The van der Waals surface area contributed by atoms with Gasteiger partial charge in [-0.1, -0.05) is 146 Å². The van der Waals surface area contributed by atoms with E-state index in [1.807, 2.05) is 13.0 Å². The smallest absolute Gasteiger partial charge is 0.472 e. The molecule has 3 unspecified atom stereocenters. The molecule has 0 saturated heterocycles. The molecule has 0 amide bonds. The van der Waals surface area contributed by atoms with Gasteiger partial charge in [0.1, 0.15) is 6.61 Å². The molecule has 0 fully saturated rings. The number of carbonyl (C=O) groups excluding carboxylic acids is 1. The van der Waals surface area contributed by atoms with E-state index in [2.05, 4.69) is 55.5 Å². The summed E-state index contributed by atoms with van der Waals surface area (Å²) < 4.78 is 33.1. The van der Waals surface area contributed by atoms with Crippen LogP contribution in [0, 0.1) is 0 Å². The van der Waals surface area contributed by atoms with E-state index >= 15 is 0 Å². The number of esters is 1. The molecule has 308 valence electrons. The maximum absolute atomic E-state index is 12.5. The first-order chi connectivity index (χ1) is 25.8. The van der Waals surface area contributed by atoms with E-state index in [0.717, 1.165) is 57.8 Å². The van der Waals surface area contributed by atoms with Crippen LogP contribution < -0.4 is 5.73 Å². The van der Waals surface area contributed by atoms with Gasteiger partial charge in [0.25, 0.3) is 0 Å². The Balaban J connectivity index is 4.22. The highest BCUT2D eigenvalue weighted by molar-refractivity contribution is 7.47. The number of ether oxygens (including phenoxy) is 2. The zero-order valence-corrected chi connectivity index (χ0v) is 34.5. The fraction of sp³-hybridized carbons (Fsp3) is 0.744. The summed E-state index contributed by atoms with van der Waals surface area (Å²) in [5.41, 5.74) is 5.35. The van der Waals surface area contributed by atoms with E-state index in [9.17, 15) is 19.4 Å². The van der Waals surface area contributed by atoms with Crippen molar-refractivity contribution in [3.8, 4) is 0 Å². The molecular weight excluding hydrogens is 689 g/mol. The third-order valence-corrected chi connectivity index (χ3v) is 9.65.